The van der Waals surface area contributed by atoms with Crippen LogP contribution in [0.15, 0.2) is 29.3 Å². The quantitative estimate of drug-likeness (QED) is 0.644. The normalized spacial score (nSPS) is 11.1. The Morgan fingerprint density at radius 3 is 2.83 bits per heavy atom. The van der Waals surface area contributed by atoms with E-state index >= 15 is 0 Å². The monoisotopic (exact) mass is 310 g/mol. The van der Waals surface area contributed by atoms with Crippen LogP contribution in [-0.4, -0.2) is 32.8 Å². The number of hydrogen-bond donors (Lipinski definition) is 3. The molecule has 7 nitrogen and oxygen atoms in total. The number of anilines is 1. The molecule has 0 amide bonds. The molecule has 0 bridgehead atoms. The molecule has 118 valence electrons. The Hall–Kier alpha value is -2.96. The van der Waals surface area contributed by atoms with E-state index in [1.54, 1.807) is 0 Å². The number of H-pyrrole nitrogens is 1. The zero-order valence-electron chi connectivity index (χ0n) is 13.2. The van der Waals surface area contributed by atoms with Crippen LogP contribution in [0.4, 0.5) is 5.69 Å². The fourth-order valence-electron chi connectivity index (χ4n) is 2.67. The van der Waals surface area contributed by atoms with Gasteiger partial charge < -0.3 is 10.7 Å². The van der Waals surface area contributed by atoms with Gasteiger partial charge in [-0.2, -0.15) is 4.52 Å². The average molecular weight is 310 g/mol. The number of hydrogen-bond acceptors (Lipinski definition) is 5. The highest BCUT2D eigenvalue weighted by molar-refractivity contribution is 5.88. The molecule has 7 heteroatoms. The van der Waals surface area contributed by atoms with Crippen molar-refractivity contribution in [3.8, 4) is 11.3 Å². The fourth-order valence-corrected chi connectivity index (χ4v) is 2.67. The standard InChI is InChI=1S/C16H18N6O/c1-9(2)13-14(21-16-19-8-20-22(16)15(13)23)10-4-5-12(18-3)11(6-10)7-17/h4-9,17-18H,1-3H3,(H,19,20,21). The van der Waals surface area contributed by atoms with Crippen LogP contribution in [0.1, 0.15) is 30.9 Å². The lowest BCUT2D eigenvalue weighted by molar-refractivity contribution is 0.797. The molecule has 3 N–H and O–H groups in total. The van der Waals surface area contributed by atoms with Crippen LogP contribution < -0.4 is 10.9 Å². The van der Waals surface area contributed by atoms with Crippen LogP contribution in [0, 0.1) is 5.41 Å². The molecule has 0 fully saturated rings. The molecule has 0 radical (unpaired) electrons. The Balaban J connectivity index is 2.33. The van der Waals surface area contributed by atoms with Crippen molar-refractivity contribution in [2.45, 2.75) is 19.8 Å². The molecular weight excluding hydrogens is 292 g/mol. The van der Waals surface area contributed by atoms with Crippen molar-refractivity contribution >= 4 is 17.7 Å². The van der Waals surface area contributed by atoms with E-state index < -0.39 is 0 Å². The number of rotatable bonds is 4. The van der Waals surface area contributed by atoms with E-state index in [4.69, 9.17) is 5.41 Å². The third kappa shape index (κ3) is 2.40. The predicted molar refractivity (Wildman–Crippen MR) is 90.6 cm³/mol. The maximum atomic E-state index is 12.7. The van der Waals surface area contributed by atoms with E-state index in [-0.39, 0.29) is 11.5 Å². The number of aromatic nitrogens is 4. The van der Waals surface area contributed by atoms with Gasteiger partial charge in [0, 0.05) is 35.6 Å². The van der Waals surface area contributed by atoms with Gasteiger partial charge in [-0.05, 0) is 18.1 Å². The van der Waals surface area contributed by atoms with Gasteiger partial charge in [0.15, 0.2) is 0 Å². The molecule has 3 rings (SSSR count). The number of nitrogens with zero attached hydrogens (tertiary/aromatic N) is 3. The fraction of sp³-hybridized carbons (Fsp3) is 0.250. The van der Waals surface area contributed by atoms with Crippen molar-refractivity contribution in [3.63, 3.8) is 0 Å². The largest absolute Gasteiger partial charge is 0.388 e. The average Bonchev–Trinajstić information content (AvgIpc) is 3.02. The molecule has 23 heavy (non-hydrogen) atoms. The summed E-state index contributed by atoms with van der Waals surface area (Å²) in [7, 11) is 1.81. The maximum Gasteiger partial charge on any atom is 0.278 e. The summed E-state index contributed by atoms with van der Waals surface area (Å²) in [6, 6.07) is 5.64. The maximum absolute atomic E-state index is 12.7. The van der Waals surface area contributed by atoms with Gasteiger partial charge in [0.2, 0.25) is 0 Å². The van der Waals surface area contributed by atoms with E-state index in [9.17, 15) is 4.79 Å². The zero-order valence-corrected chi connectivity index (χ0v) is 13.2. The topological polar surface area (TPSA) is 98.9 Å². The van der Waals surface area contributed by atoms with Gasteiger partial charge in [0.1, 0.15) is 6.33 Å². The van der Waals surface area contributed by atoms with Gasteiger partial charge >= 0.3 is 0 Å². The van der Waals surface area contributed by atoms with Gasteiger partial charge in [-0.1, -0.05) is 19.9 Å². The Morgan fingerprint density at radius 2 is 2.17 bits per heavy atom. The van der Waals surface area contributed by atoms with Gasteiger partial charge in [-0.15, -0.1) is 0 Å². The van der Waals surface area contributed by atoms with Crippen molar-refractivity contribution in [3.05, 3.63) is 46.0 Å². The van der Waals surface area contributed by atoms with Crippen molar-refractivity contribution in [2.75, 3.05) is 12.4 Å². The Bertz CT molecular complexity index is 937. The first kappa shape index (κ1) is 15.0. The number of nitrogens with one attached hydrogen (secondary N) is 3. The van der Waals surface area contributed by atoms with Crippen LogP contribution in [0.2, 0.25) is 0 Å². The lowest BCUT2D eigenvalue weighted by atomic mass is 9.97. The van der Waals surface area contributed by atoms with E-state index in [1.165, 1.54) is 17.1 Å². The predicted octanol–water partition coefficient (Wildman–Crippen LogP) is 2.25. The van der Waals surface area contributed by atoms with E-state index in [1.807, 2.05) is 39.1 Å². The van der Waals surface area contributed by atoms with Gasteiger partial charge in [0.25, 0.3) is 11.3 Å². The minimum absolute atomic E-state index is 0.0117. The molecule has 1 aromatic carbocycles. The molecule has 0 aliphatic carbocycles. The van der Waals surface area contributed by atoms with Crippen LogP contribution in [0.3, 0.4) is 0 Å². The summed E-state index contributed by atoms with van der Waals surface area (Å²) in [5.41, 5.74) is 3.49. The smallest absolute Gasteiger partial charge is 0.278 e. The number of benzene rings is 1. The first-order valence-electron chi connectivity index (χ1n) is 7.35. The summed E-state index contributed by atoms with van der Waals surface area (Å²) in [5.74, 6) is 0.348. The third-order valence-corrected chi connectivity index (χ3v) is 3.79. The summed E-state index contributed by atoms with van der Waals surface area (Å²) in [6.07, 6.45) is 2.73. The lowest BCUT2D eigenvalue weighted by Crippen LogP contribution is -2.22. The summed E-state index contributed by atoms with van der Waals surface area (Å²) >= 11 is 0. The lowest BCUT2D eigenvalue weighted by Gasteiger charge is -2.13. The van der Waals surface area contributed by atoms with E-state index in [0.29, 0.717) is 17.0 Å². The molecule has 0 saturated carbocycles. The molecule has 2 aromatic heterocycles. The van der Waals surface area contributed by atoms with Gasteiger partial charge in [-0.25, -0.2) is 9.97 Å². The summed E-state index contributed by atoms with van der Waals surface area (Å²) in [5, 5.41) is 13.4. The zero-order chi connectivity index (χ0) is 16.6. The highest BCUT2D eigenvalue weighted by Crippen LogP contribution is 2.28. The second kappa shape index (κ2) is 5.68. The van der Waals surface area contributed by atoms with Gasteiger partial charge in [-0.3, -0.25) is 9.89 Å². The summed E-state index contributed by atoms with van der Waals surface area (Å²) < 4.78 is 1.35. The highest BCUT2D eigenvalue weighted by atomic mass is 16.1. The van der Waals surface area contributed by atoms with E-state index in [2.05, 4.69) is 20.4 Å². The van der Waals surface area contributed by atoms with Crippen molar-refractivity contribution in [2.24, 2.45) is 0 Å². The summed E-state index contributed by atoms with van der Waals surface area (Å²) in [6.45, 7) is 3.92. The van der Waals surface area contributed by atoms with Crippen molar-refractivity contribution in [1.29, 1.82) is 5.41 Å². The molecule has 3 aromatic rings. The minimum Gasteiger partial charge on any atom is -0.388 e. The number of aromatic amines is 1. The Labute approximate surface area is 132 Å². The van der Waals surface area contributed by atoms with Crippen molar-refractivity contribution < 1.29 is 0 Å². The Morgan fingerprint density at radius 1 is 1.39 bits per heavy atom. The van der Waals surface area contributed by atoms with Crippen LogP contribution in [-0.2, 0) is 0 Å². The minimum atomic E-state index is -0.147. The first-order chi connectivity index (χ1) is 11.1. The molecule has 0 aliphatic rings. The van der Waals surface area contributed by atoms with Crippen molar-refractivity contribution in [1.82, 2.24) is 19.6 Å². The number of fused-ring (bicyclic) bond motifs is 1. The first-order valence-corrected chi connectivity index (χ1v) is 7.35. The molecule has 0 unspecified atom stereocenters. The third-order valence-electron chi connectivity index (χ3n) is 3.79. The van der Waals surface area contributed by atoms with Crippen LogP contribution >= 0.6 is 0 Å². The Kier molecular flexibility index (Phi) is 3.69. The van der Waals surface area contributed by atoms with Gasteiger partial charge in [0.05, 0.1) is 5.69 Å². The second-order valence-electron chi connectivity index (χ2n) is 5.55. The van der Waals surface area contributed by atoms with Crippen LogP contribution in [0.5, 0.6) is 0 Å². The highest BCUT2D eigenvalue weighted by Gasteiger charge is 2.19. The van der Waals surface area contributed by atoms with Crippen LogP contribution in [0.25, 0.3) is 17.0 Å². The second-order valence-corrected chi connectivity index (χ2v) is 5.55. The molecule has 0 spiro atoms. The SMILES string of the molecule is CNc1ccc(-c2nc3nc[nH]n3c(=O)c2C(C)C)cc1C=N. The molecular formula is C16H18N6O. The molecule has 2 heterocycles. The molecule has 0 saturated heterocycles. The molecule has 0 aliphatic heterocycles. The van der Waals surface area contributed by atoms with E-state index in [0.717, 1.165) is 16.8 Å². The summed E-state index contributed by atoms with van der Waals surface area (Å²) in [4.78, 5) is 21.3. The molecule has 0 atom stereocenters.